The Kier molecular flexibility index (Phi) is 5.32. The summed E-state index contributed by atoms with van der Waals surface area (Å²) in [4.78, 5) is 32.7. The Balaban J connectivity index is 1.18. The van der Waals surface area contributed by atoms with Crippen LogP contribution in [-0.4, -0.2) is 60.7 Å². The lowest BCUT2D eigenvalue weighted by Crippen LogP contribution is -2.45. The van der Waals surface area contributed by atoms with Gasteiger partial charge in [0.2, 0.25) is 0 Å². The van der Waals surface area contributed by atoms with Crippen LogP contribution >= 0.6 is 0 Å². The Labute approximate surface area is 202 Å². The first-order chi connectivity index (χ1) is 17.1. The van der Waals surface area contributed by atoms with Crippen LogP contribution in [0.15, 0.2) is 53.3 Å². The zero-order valence-corrected chi connectivity index (χ0v) is 19.2. The van der Waals surface area contributed by atoms with E-state index in [1.807, 2.05) is 29.2 Å². The van der Waals surface area contributed by atoms with Crippen molar-refractivity contribution >= 4 is 11.8 Å². The molecule has 1 N–H and O–H groups in total. The summed E-state index contributed by atoms with van der Waals surface area (Å²) in [5.74, 6) is 2.21. The number of hydrogen-bond donors (Lipinski definition) is 1. The third kappa shape index (κ3) is 3.86. The summed E-state index contributed by atoms with van der Waals surface area (Å²) in [5, 5.41) is 3.00. The molecular weight excluding hydrogens is 450 g/mol. The standard InChI is InChI=1S/C26H25N3O6/c1-32-18-7-5-15(6-8-18)23-22(28-14-35-23)26(31)29-17(11-16-12-20(16)29)13-27-25(30)19-3-2-4-21-24(19)34-10-9-33-21/h2-8,14,16-17,20H,9-13H2,1H3,(H,27,30)/t16?,17-,20?/m0/s1. The van der Waals surface area contributed by atoms with E-state index in [4.69, 9.17) is 18.6 Å². The minimum Gasteiger partial charge on any atom is -0.497 e. The van der Waals surface area contributed by atoms with Crippen LogP contribution in [0.1, 0.15) is 33.7 Å². The van der Waals surface area contributed by atoms with Gasteiger partial charge >= 0.3 is 0 Å². The average molecular weight is 476 g/mol. The van der Waals surface area contributed by atoms with Gasteiger partial charge in [0.25, 0.3) is 11.8 Å². The summed E-state index contributed by atoms with van der Waals surface area (Å²) < 4.78 is 22.1. The monoisotopic (exact) mass is 475 g/mol. The number of likely N-dealkylation sites (tertiary alicyclic amines) is 1. The second kappa shape index (κ2) is 8.65. The van der Waals surface area contributed by atoms with Crippen LogP contribution in [0.3, 0.4) is 0 Å². The third-order valence-corrected chi connectivity index (χ3v) is 6.88. The molecule has 1 aromatic heterocycles. The van der Waals surface area contributed by atoms with Crippen molar-refractivity contribution in [3.8, 4) is 28.6 Å². The number of methoxy groups -OCH3 is 1. The number of carbonyl (C=O) groups excluding carboxylic acids is 2. The summed E-state index contributed by atoms with van der Waals surface area (Å²) in [6.45, 7) is 1.21. The van der Waals surface area contributed by atoms with E-state index in [-0.39, 0.29) is 29.6 Å². The molecule has 1 aliphatic carbocycles. The van der Waals surface area contributed by atoms with Gasteiger partial charge in [-0.05, 0) is 55.2 Å². The van der Waals surface area contributed by atoms with Crippen molar-refractivity contribution < 1.29 is 28.2 Å². The molecule has 180 valence electrons. The molecule has 0 bridgehead atoms. The lowest BCUT2D eigenvalue weighted by Gasteiger charge is -2.27. The molecule has 3 heterocycles. The number of rotatable bonds is 6. The molecule has 0 spiro atoms. The number of piperidine rings is 1. The number of amides is 2. The number of para-hydroxylation sites is 1. The third-order valence-electron chi connectivity index (χ3n) is 6.88. The summed E-state index contributed by atoms with van der Waals surface area (Å²) in [5.41, 5.74) is 1.46. The van der Waals surface area contributed by atoms with Crippen molar-refractivity contribution in [1.82, 2.24) is 15.2 Å². The molecule has 2 unspecified atom stereocenters. The van der Waals surface area contributed by atoms with Gasteiger partial charge in [0.05, 0.1) is 18.7 Å². The van der Waals surface area contributed by atoms with Crippen molar-refractivity contribution in [2.24, 2.45) is 5.92 Å². The number of carbonyl (C=O) groups is 2. The molecule has 9 heteroatoms. The van der Waals surface area contributed by atoms with E-state index in [9.17, 15) is 9.59 Å². The molecule has 2 amide bonds. The van der Waals surface area contributed by atoms with Gasteiger partial charge in [-0.25, -0.2) is 4.98 Å². The second-order valence-corrected chi connectivity index (χ2v) is 8.96. The van der Waals surface area contributed by atoms with Crippen LogP contribution in [-0.2, 0) is 0 Å². The highest BCUT2D eigenvalue weighted by Crippen LogP contribution is 2.48. The maximum absolute atomic E-state index is 13.6. The molecule has 0 radical (unpaired) electrons. The first kappa shape index (κ1) is 21.5. The summed E-state index contributed by atoms with van der Waals surface area (Å²) in [7, 11) is 1.60. The number of benzene rings is 2. The van der Waals surface area contributed by atoms with Crippen LogP contribution in [0.2, 0.25) is 0 Å². The maximum atomic E-state index is 13.6. The van der Waals surface area contributed by atoms with Crippen molar-refractivity contribution in [1.29, 1.82) is 0 Å². The fourth-order valence-electron chi connectivity index (χ4n) is 5.08. The number of hydrogen-bond acceptors (Lipinski definition) is 7. The van der Waals surface area contributed by atoms with Gasteiger partial charge < -0.3 is 28.8 Å². The van der Waals surface area contributed by atoms with Gasteiger partial charge in [-0.15, -0.1) is 0 Å². The van der Waals surface area contributed by atoms with E-state index in [1.54, 1.807) is 25.3 Å². The number of nitrogens with one attached hydrogen (secondary N) is 1. The van der Waals surface area contributed by atoms with Crippen LogP contribution < -0.4 is 19.5 Å². The number of fused-ring (bicyclic) bond motifs is 2. The average Bonchev–Trinajstić information content (AvgIpc) is 3.32. The largest absolute Gasteiger partial charge is 0.497 e. The summed E-state index contributed by atoms with van der Waals surface area (Å²) in [6, 6.07) is 12.6. The predicted octanol–water partition coefficient (Wildman–Crippen LogP) is 3.15. The SMILES string of the molecule is COc1ccc(-c2ocnc2C(=O)N2C3CC3C[C@H]2CNC(=O)c2cccc3c2OCCO3)cc1. The minimum atomic E-state index is -0.249. The van der Waals surface area contributed by atoms with E-state index in [2.05, 4.69) is 10.3 Å². The highest BCUT2D eigenvalue weighted by atomic mass is 16.6. The van der Waals surface area contributed by atoms with E-state index in [1.165, 1.54) is 6.39 Å². The molecule has 2 aromatic carbocycles. The summed E-state index contributed by atoms with van der Waals surface area (Å²) in [6.07, 6.45) is 3.12. The van der Waals surface area contributed by atoms with Gasteiger partial charge in [-0.2, -0.15) is 0 Å². The van der Waals surface area contributed by atoms with Crippen molar-refractivity contribution in [3.05, 3.63) is 60.1 Å². The van der Waals surface area contributed by atoms with Crippen LogP contribution in [0.25, 0.3) is 11.3 Å². The summed E-state index contributed by atoms with van der Waals surface area (Å²) >= 11 is 0. The molecule has 3 atom stereocenters. The van der Waals surface area contributed by atoms with E-state index >= 15 is 0 Å². The molecule has 6 rings (SSSR count). The van der Waals surface area contributed by atoms with Gasteiger partial charge in [0, 0.05) is 18.2 Å². The molecule has 35 heavy (non-hydrogen) atoms. The van der Waals surface area contributed by atoms with Gasteiger partial charge in [0.15, 0.2) is 29.3 Å². The normalized spacial score (nSPS) is 21.9. The molecule has 2 aliphatic heterocycles. The molecule has 1 saturated heterocycles. The van der Waals surface area contributed by atoms with Crippen molar-refractivity contribution in [2.45, 2.75) is 24.9 Å². The first-order valence-electron chi connectivity index (χ1n) is 11.7. The van der Waals surface area contributed by atoms with Crippen LogP contribution in [0.4, 0.5) is 0 Å². The number of aromatic nitrogens is 1. The smallest absolute Gasteiger partial charge is 0.277 e. The predicted molar refractivity (Wildman–Crippen MR) is 125 cm³/mol. The van der Waals surface area contributed by atoms with Crippen LogP contribution in [0, 0.1) is 5.92 Å². The van der Waals surface area contributed by atoms with Crippen molar-refractivity contribution in [3.63, 3.8) is 0 Å². The Morgan fingerprint density at radius 3 is 2.77 bits per heavy atom. The van der Waals surface area contributed by atoms with Crippen LogP contribution in [0.5, 0.6) is 17.2 Å². The van der Waals surface area contributed by atoms with Gasteiger partial charge in [-0.3, -0.25) is 9.59 Å². The minimum absolute atomic E-state index is 0.118. The lowest BCUT2D eigenvalue weighted by atomic mass is 10.1. The number of oxazole rings is 1. The fourth-order valence-corrected chi connectivity index (χ4v) is 5.08. The molecular formula is C26H25N3O6. The molecule has 2 fully saturated rings. The fraction of sp³-hybridized carbons (Fsp3) is 0.346. The second-order valence-electron chi connectivity index (χ2n) is 8.96. The number of ether oxygens (including phenoxy) is 3. The van der Waals surface area contributed by atoms with Gasteiger partial charge in [-0.1, -0.05) is 6.07 Å². The zero-order chi connectivity index (χ0) is 23.9. The Hall–Kier alpha value is -4.01. The van der Waals surface area contributed by atoms with E-state index < -0.39 is 0 Å². The molecule has 1 saturated carbocycles. The first-order valence-corrected chi connectivity index (χ1v) is 11.7. The molecule has 9 nitrogen and oxygen atoms in total. The topological polar surface area (TPSA) is 103 Å². The van der Waals surface area contributed by atoms with Crippen molar-refractivity contribution in [2.75, 3.05) is 26.9 Å². The maximum Gasteiger partial charge on any atom is 0.277 e. The highest BCUT2D eigenvalue weighted by molar-refractivity contribution is 5.99. The lowest BCUT2D eigenvalue weighted by molar-refractivity contribution is 0.0683. The number of nitrogens with zero attached hydrogens (tertiary/aromatic N) is 2. The van der Waals surface area contributed by atoms with Gasteiger partial charge in [0.1, 0.15) is 19.0 Å². The Bertz CT molecular complexity index is 1270. The Morgan fingerprint density at radius 1 is 1.11 bits per heavy atom. The van der Waals surface area contributed by atoms with E-state index in [0.29, 0.717) is 54.2 Å². The molecule has 3 aliphatic rings. The van der Waals surface area contributed by atoms with E-state index in [0.717, 1.165) is 18.4 Å². The zero-order valence-electron chi connectivity index (χ0n) is 19.2. The molecule has 3 aromatic rings. The highest BCUT2D eigenvalue weighted by Gasteiger charge is 2.54. The quantitative estimate of drug-likeness (QED) is 0.584. The Morgan fingerprint density at radius 2 is 1.94 bits per heavy atom.